The van der Waals surface area contributed by atoms with Gasteiger partial charge in [-0.3, -0.25) is 0 Å². The Hall–Kier alpha value is -2.29. The molecule has 0 saturated carbocycles. The lowest BCUT2D eigenvalue weighted by Gasteiger charge is -2.23. The van der Waals surface area contributed by atoms with E-state index < -0.39 is 21.7 Å². The molecular formula is C16H23N3O5S. The van der Waals surface area contributed by atoms with Gasteiger partial charge in [-0.05, 0) is 45.0 Å². The molecule has 1 heterocycles. The van der Waals surface area contributed by atoms with E-state index in [2.05, 4.69) is 9.93 Å². The molecule has 1 saturated heterocycles. The lowest BCUT2D eigenvalue weighted by molar-refractivity contribution is 0.0302. The van der Waals surface area contributed by atoms with Gasteiger partial charge in [-0.1, -0.05) is 0 Å². The summed E-state index contributed by atoms with van der Waals surface area (Å²) in [6.45, 7) is 6.05. The summed E-state index contributed by atoms with van der Waals surface area (Å²) in [4.78, 5) is 15.8. The number of carbonyl (C=O) groups is 1. The Morgan fingerprint density at radius 1 is 1.24 bits per heavy atom. The summed E-state index contributed by atoms with van der Waals surface area (Å²) in [7, 11) is -2.26. The second-order valence-corrected chi connectivity index (χ2v) is 8.26. The van der Waals surface area contributed by atoms with Gasteiger partial charge in [-0.25, -0.2) is 9.63 Å². The Balaban J connectivity index is 1.98. The van der Waals surface area contributed by atoms with Crippen molar-refractivity contribution in [3.63, 3.8) is 0 Å². The van der Waals surface area contributed by atoms with Crippen molar-refractivity contribution < 1.29 is 22.7 Å². The highest BCUT2D eigenvalue weighted by molar-refractivity contribution is 7.89. The summed E-state index contributed by atoms with van der Waals surface area (Å²) >= 11 is 0. The lowest BCUT2D eigenvalue weighted by Crippen LogP contribution is -2.35. The number of nitrogens with one attached hydrogen (secondary N) is 1. The second-order valence-electron chi connectivity index (χ2n) is 6.60. The fraction of sp³-hybridized carbons (Fsp3) is 0.500. The van der Waals surface area contributed by atoms with Crippen molar-refractivity contribution >= 4 is 21.8 Å². The van der Waals surface area contributed by atoms with E-state index in [1.54, 1.807) is 32.9 Å². The smallest absolute Gasteiger partial charge is 0.410 e. The van der Waals surface area contributed by atoms with Crippen molar-refractivity contribution in [3.05, 3.63) is 24.3 Å². The van der Waals surface area contributed by atoms with Gasteiger partial charge in [-0.2, -0.15) is 13.5 Å². The van der Waals surface area contributed by atoms with Crippen LogP contribution in [0.15, 0.2) is 34.3 Å². The van der Waals surface area contributed by atoms with Crippen LogP contribution in [0.3, 0.4) is 0 Å². The topological polar surface area (TPSA) is 97.3 Å². The van der Waals surface area contributed by atoms with Crippen molar-refractivity contribution in [2.45, 2.75) is 37.7 Å². The fourth-order valence-corrected chi connectivity index (χ4v) is 3.00. The predicted molar refractivity (Wildman–Crippen MR) is 93.2 cm³/mol. The molecule has 25 heavy (non-hydrogen) atoms. The molecule has 1 fully saturated rings. The van der Waals surface area contributed by atoms with E-state index in [1.807, 2.05) is 0 Å². The van der Waals surface area contributed by atoms with E-state index in [9.17, 15) is 13.2 Å². The van der Waals surface area contributed by atoms with Gasteiger partial charge in [0.15, 0.2) is 0 Å². The Labute approximate surface area is 147 Å². The van der Waals surface area contributed by atoms with E-state index in [0.29, 0.717) is 24.4 Å². The van der Waals surface area contributed by atoms with Crippen LogP contribution in [0.5, 0.6) is 5.75 Å². The van der Waals surface area contributed by atoms with Gasteiger partial charge in [0.1, 0.15) is 11.4 Å². The molecule has 1 amide bonds. The Morgan fingerprint density at radius 3 is 2.44 bits per heavy atom. The molecular weight excluding hydrogens is 346 g/mol. The molecule has 1 aromatic rings. The molecule has 8 nitrogen and oxygen atoms in total. The average molecular weight is 369 g/mol. The van der Waals surface area contributed by atoms with Crippen LogP contribution < -0.4 is 9.57 Å². The molecule has 0 bridgehead atoms. The first-order chi connectivity index (χ1) is 11.6. The second kappa shape index (κ2) is 7.30. The van der Waals surface area contributed by atoms with E-state index in [1.165, 1.54) is 24.1 Å². The quantitative estimate of drug-likeness (QED) is 0.819. The number of likely N-dealkylation sites (tertiary alicyclic amines) is 1. The summed E-state index contributed by atoms with van der Waals surface area (Å²) in [6.07, 6.45) is 0.0559. The molecule has 2 rings (SSSR count). The minimum Gasteiger partial charge on any atom is -0.497 e. The summed E-state index contributed by atoms with van der Waals surface area (Å²) in [5.41, 5.74) is -0.00428. The van der Waals surface area contributed by atoms with Crippen LogP contribution in [-0.4, -0.2) is 50.9 Å². The molecule has 0 atom stereocenters. The fourth-order valence-electron chi connectivity index (χ4n) is 2.15. The van der Waals surface area contributed by atoms with Crippen LogP contribution in [0.1, 0.15) is 27.2 Å². The number of benzene rings is 1. The monoisotopic (exact) mass is 369 g/mol. The highest BCUT2D eigenvalue weighted by Crippen LogP contribution is 2.16. The number of ether oxygens (including phenoxy) is 2. The number of rotatable bonds is 4. The standard InChI is InChI=1S/C16H23N3O5S/c1-16(2,3)24-15(20)19-10-9-12(11-19)17-18-25(21,22)14-7-5-13(23-4)6-8-14/h5-8,18H,9-11H2,1-4H3/b17-12+. The highest BCUT2D eigenvalue weighted by Gasteiger charge is 2.27. The third kappa shape index (κ3) is 5.35. The van der Waals surface area contributed by atoms with Gasteiger partial charge in [0, 0.05) is 13.0 Å². The van der Waals surface area contributed by atoms with Gasteiger partial charge in [0.05, 0.1) is 24.3 Å². The summed E-state index contributed by atoms with van der Waals surface area (Å²) in [5, 5.41) is 3.94. The molecule has 1 aliphatic heterocycles. The molecule has 0 radical (unpaired) electrons. The highest BCUT2D eigenvalue weighted by atomic mass is 32.2. The van der Waals surface area contributed by atoms with Gasteiger partial charge < -0.3 is 14.4 Å². The number of sulfonamides is 1. The normalized spacial score (nSPS) is 16.8. The summed E-state index contributed by atoms with van der Waals surface area (Å²) in [6, 6.07) is 5.98. The van der Waals surface area contributed by atoms with Crippen molar-refractivity contribution in [3.8, 4) is 5.75 Å². The van der Waals surface area contributed by atoms with Gasteiger partial charge in [0.25, 0.3) is 10.0 Å². The largest absolute Gasteiger partial charge is 0.497 e. The molecule has 0 spiro atoms. The maximum absolute atomic E-state index is 12.2. The van der Waals surface area contributed by atoms with Crippen LogP contribution in [0.4, 0.5) is 4.79 Å². The van der Waals surface area contributed by atoms with Crippen molar-refractivity contribution in [1.29, 1.82) is 0 Å². The number of hydrazone groups is 1. The average Bonchev–Trinajstić information content (AvgIpc) is 3.01. The molecule has 0 aromatic heterocycles. The number of methoxy groups -OCH3 is 1. The zero-order chi connectivity index (χ0) is 18.7. The zero-order valence-electron chi connectivity index (χ0n) is 14.8. The molecule has 1 N–H and O–H groups in total. The van der Waals surface area contributed by atoms with Gasteiger partial charge >= 0.3 is 6.09 Å². The van der Waals surface area contributed by atoms with E-state index in [-0.39, 0.29) is 11.4 Å². The van der Waals surface area contributed by atoms with Gasteiger partial charge in [-0.15, -0.1) is 0 Å². The first-order valence-corrected chi connectivity index (χ1v) is 9.28. The van der Waals surface area contributed by atoms with E-state index in [4.69, 9.17) is 9.47 Å². The lowest BCUT2D eigenvalue weighted by atomic mass is 10.2. The van der Waals surface area contributed by atoms with E-state index >= 15 is 0 Å². The van der Waals surface area contributed by atoms with Crippen LogP contribution in [0, 0.1) is 0 Å². The zero-order valence-corrected chi connectivity index (χ0v) is 15.6. The van der Waals surface area contributed by atoms with E-state index in [0.717, 1.165) is 0 Å². The SMILES string of the molecule is COc1ccc(S(=O)(=O)N/N=C2\CCN(C(=O)OC(C)(C)C)C2)cc1. The minimum atomic E-state index is -3.77. The van der Waals surface area contributed by atoms with Crippen molar-refractivity contribution in [1.82, 2.24) is 9.73 Å². The maximum Gasteiger partial charge on any atom is 0.410 e. The third-order valence-corrected chi connectivity index (χ3v) is 4.61. The molecule has 1 aliphatic rings. The van der Waals surface area contributed by atoms with Crippen LogP contribution in [0.2, 0.25) is 0 Å². The summed E-state index contributed by atoms with van der Waals surface area (Å²) < 4.78 is 34.7. The third-order valence-electron chi connectivity index (χ3n) is 3.39. The number of amides is 1. The molecule has 9 heteroatoms. The van der Waals surface area contributed by atoms with Gasteiger partial charge in [0.2, 0.25) is 0 Å². The molecule has 1 aromatic carbocycles. The summed E-state index contributed by atoms with van der Waals surface area (Å²) in [5.74, 6) is 0.564. The van der Waals surface area contributed by atoms with Crippen molar-refractivity contribution in [2.75, 3.05) is 20.2 Å². The minimum absolute atomic E-state index is 0.0830. The molecule has 0 aliphatic carbocycles. The van der Waals surface area contributed by atoms with Crippen LogP contribution >= 0.6 is 0 Å². The first-order valence-electron chi connectivity index (χ1n) is 7.80. The van der Waals surface area contributed by atoms with Crippen LogP contribution in [0.25, 0.3) is 0 Å². The molecule has 0 unspecified atom stereocenters. The number of hydrogen-bond acceptors (Lipinski definition) is 6. The maximum atomic E-state index is 12.2. The van der Waals surface area contributed by atoms with Crippen LogP contribution in [-0.2, 0) is 14.8 Å². The van der Waals surface area contributed by atoms with Crippen molar-refractivity contribution in [2.24, 2.45) is 5.10 Å². The first kappa shape index (κ1) is 19.0. The Kier molecular flexibility index (Phi) is 5.56. The Morgan fingerprint density at radius 2 is 1.88 bits per heavy atom. The number of carbonyl (C=O) groups excluding carboxylic acids is 1. The predicted octanol–water partition coefficient (Wildman–Crippen LogP) is 1.97. The molecule has 138 valence electrons. The Bertz CT molecular complexity index is 751. The number of hydrogen-bond donors (Lipinski definition) is 1. The number of nitrogens with zero attached hydrogens (tertiary/aromatic N) is 2.